The largest absolute Gasteiger partial charge is 0.321 e. The number of amides is 2. The summed E-state index contributed by atoms with van der Waals surface area (Å²) in [5.41, 5.74) is 1.90. The third kappa shape index (κ3) is 3.33. The Morgan fingerprint density at radius 2 is 2.07 bits per heavy atom. The summed E-state index contributed by atoms with van der Waals surface area (Å²) in [7, 11) is 2.07. The van der Waals surface area contributed by atoms with Gasteiger partial charge < -0.3 is 20.0 Å². The molecule has 156 valence electrons. The SMILES string of the molecule is Cc1ccc(F)c(Nc2n[nH]c3c2CN(C(=O)N2CCN(C)C[C@@H]2C)C3(C)C)n1. The van der Waals surface area contributed by atoms with E-state index in [0.29, 0.717) is 24.6 Å². The lowest BCUT2D eigenvalue weighted by Gasteiger charge is -2.43. The summed E-state index contributed by atoms with van der Waals surface area (Å²) < 4.78 is 14.1. The zero-order chi connectivity index (χ0) is 20.9. The Morgan fingerprint density at radius 1 is 1.31 bits per heavy atom. The molecule has 1 saturated heterocycles. The molecule has 0 aliphatic carbocycles. The number of aryl methyl sites for hydroxylation is 1. The van der Waals surface area contributed by atoms with Crippen LogP contribution in [0.2, 0.25) is 0 Å². The van der Waals surface area contributed by atoms with Crippen LogP contribution in [0.25, 0.3) is 0 Å². The Kier molecular flexibility index (Phi) is 4.72. The lowest BCUT2D eigenvalue weighted by Crippen LogP contribution is -2.58. The van der Waals surface area contributed by atoms with Gasteiger partial charge in [0.05, 0.1) is 17.8 Å². The molecule has 0 aromatic carbocycles. The molecule has 0 radical (unpaired) electrons. The third-order valence-electron chi connectivity index (χ3n) is 6.00. The highest BCUT2D eigenvalue weighted by molar-refractivity contribution is 5.78. The number of hydrogen-bond acceptors (Lipinski definition) is 5. The first-order chi connectivity index (χ1) is 13.7. The summed E-state index contributed by atoms with van der Waals surface area (Å²) in [6.45, 7) is 10.7. The predicted molar refractivity (Wildman–Crippen MR) is 108 cm³/mol. The summed E-state index contributed by atoms with van der Waals surface area (Å²) in [5, 5.41) is 10.4. The maximum Gasteiger partial charge on any atom is 0.321 e. The first kappa shape index (κ1) is 19.6. The van der Waals surface area contributed by atoms with Crippen LogP contribution in [0, 0.1) is 12.7 Å². The van der Waals surface area contributed by atoms with E-state index in [1.165, 1.54) is 6.07 Å². The Balaban J connectivity index is 1.59. The van der Waals surface area contributed by atoms with E-state index in [4.69, 9.17) is 0 Å². The number of rotatable bonds is 2. The van der Waals surface area contributed by atoms with Crippen molar-refractivity contribution in [1.29, 1.82) is 0 Å². The van der Waals surface area contributed by atoms with Gasteiger partial charge in [-0.25, -0.2) is 14.2 Å². The molecule has 2 aromatic heterocycles. The fourth-order valence-electron chi connectivity index (χ4n) is 4.24. The number of likely N-dealkylation sites (N-methyl/N-ethyl adjacent to an activating group) is 1. The van der Waals surface area contributed by atoms with Crippen LogP contribution in [0.3, 0.4) is 0 Å². The number of nitrogens with zero attached hydrogens (tertiary/aromatic N) is 5. The van der Waals surface area contributed by atoms with Gasteiger partial charge in [-0.1, -0.05) is 0 Å². The van der Waals surface area contributed by atoms with E-state index in [0.717, 1.165) is 24.3 Å². The number of aromatic amines is 1. The smallest absolute Gasteiger partial charge is 0.321 e. The van der Waals surface area contributed by atoms with Crippen LogP contribution in [0.15, 0.2) is 12.1 Å². The van der Waals surface area contributed by atoms with Gasteiger partial charge in [0.2, 0.25) is 0 Å². The minimum atomic E-state index is -0.541. The van der Waals surface area contributed by atoms with Crippen molar-refractivity contribution >= 4 is 17.7 Å². The topological polar surface area (TPSA) is 80.4 Å². The molecule has 2 aliphatic heterocycles. The monoisotopic (exact) mass is 401 g/mol. The van der Waals surface area contributed by atoms with Gasteiger partial charge in [-0.15, -0.1) is 0 Å². The summed E-state index contributed by atoms with van der Waals surface area (Å²) in [5.74, 6) is 0.199. The van der Waals surface area contributed by atoms with Crippen LogP contribution < -0.4 is 5.32 Å². The second kappa shape index (κ2) is 6.98. The second-order valence-electron chi connectivity index (χ2n) is 8.57. The number of anilines is 2. The molecule has 29 heavy (non-hydrogen) atoms. The van der Waals surface area contributed by atoms with Gasteiger partial charge in [0, 0.05) is 36.9 Å². The van der Waals surface area contributed by atoms with Crippen LogP contribution in [0.1, 0.15) is 37.7 Å². The Morgan fingerprint density at radius 3 is 2.79 bits per heavy atom. The van der Waals surface area contributed by atoms with Crippen molar-refractivity contribution in [3.63, 3.8) is 0 Å². The third-order valence-corrected chi connectivity index (χ3v) is 6.00. The minimum Gasteiger partial charge on any atom is -0.321 e. The molecule has 0 bridgehead atoms. The van der Waals surface area contributed by atoms with Crippen molar-refractivity contribution in [3.8, 4) is 0 Å². The highest BCUT2D eigenvalue weighted by Crippen LogP contribution is 2.42. The molecular weight excluding hydrogens is 373 g/mol. The lowest BCUT2D eigenvalue weighted by molar-refractivity contribution is 0.0661. The summed E-state index contributed by atoms with van der Waals surface area (Å²) in [6, 6.07) is 3.17. The van der Waals surface area contributed by atoms with Crippen LogP contribution in [0.4, 0.5) is 20.8 Å². The molecule has 2 aromatic rings. The number of halogens is 1. The van der Waals surface area contributed by atoms with E-state index in [9.17, 15) is 9.18 Å². The van der Waals surface area contributed by atoms with Crippen LogP contribution >= 0.6 is 0 Å². The summed E-state index contributed by atoms with van der Waals surface area (Å²) in [4.78, 5) is 23.6. The number of carbonyl (C=O) groups is 1. The molecule has 1 atom stereocenters. The molecule has 9 heteroatoms. The number of piperazine rings is 1. The van der Waals surface area contributed by atoms with Gasteiger partial charge in [0.25, 0.3) is 0 Å². The second-order valence-corrected chi connectivity index (χ2v) is 8.57. The quantitative estimate of drug-likeness (QED) is 0.809. The molecule has 8 nitrogen and oxygen atoms in total. The van der Waals surface area contributed by atoms with Gasteiger partial charge in [0.1, 0.15) is 0 Å². The van der Waals surface area contributed by atoms with Crippen molar-refractivity contribution in [2.24, 2.45) is 0 Å². The fourth-order valence-corrected chi connectivity index (χ4v) is 4.24. The summed E-state index contributed by atoms with van der Waals surface area (Å²) in [6.07, 6.45) is 0. The van der Waals surface area contributed by atoms with Gasteiger partial charge in [-0.05, 0) is 46.9 Å². The van der Waals surface area contributed by atoms with E-state index in [2.05, 4.69) is 39.4 Å². The van der Waals surface area contributed by atoms with Gasteiger partial charge >= 0.3 is 6.03 Å². The van der Waals surface area contributed by atoms with E-state index in [1.54, 1.807) is 13.0 Å². The number of aromatic nitrogens is 3. The van der Waals surface area contributed by atoms with Crippen LogP contribution in [-0.4, -0.2) is 68.6 Å². The molecule has 2 amide bonds. The van der Waals surface area contributed by atoms with Crippen LogP contribution in [0.5, 0.6) is 0 Å². The van der Waals surface area contributed by atoms with Crippen molar-refractivity contribution in [2.75, 3.05) is 32.0 Å². The number of pyridine rings is 1. The molecule has 1 fully saturated rings. The average Bonchev–Trinajstić information content (AvgIpc) is 3.16. The van der Waals surface area contributed by atoms with Gasteiger partial charge in [0.15, 0.2) is 17.5 Å². The predicted octanol–water partition coefficient (Wildman–Crippen LogP) is 2.80. The lowest BCUT2D eigenvalue weighted by atomic mass is 10.0. The normalized spacial score (nSPS) is 21.4. The van der Waals surface area contributed by atoms with Crippen molar-refractivity contribution in [1.82, 2.24) is 29.9 Å². The fraction of sp³-hybridized carbons (Fsp3) is 0.550. The average molecular weight is 401 g/mol. The van der Waals surface area contributed by atoms with Crippen molar-refractivity contribution < 1.29 is 9.18 Å². The first-order valence-corrected chi connectivity index (χ1v) is 9.93. The molecule has 2 N–H and O–H groups in total. The van der Waals surface area contributed by atoms with E-state index in [1.807, 2.05) is 23.6 Å². The number of carbonyl (C=O) groups excluding carboxylic acids is 1. The van der Waals surface area contributed by atoms with Crippen LogP contribution in [-0.2, 0) is 12.1 Å². The standard InChI is InChI=1S/C20H28FN7O/c1-12-6-7-15(21)18(22-12)23-17-14-11-28(20(3,4)16(14)24-25-17)19(29)27-9-8-26(5)10-13(27)2/h6-7,13H,8-11H2,1-5H3,(H2,22,23,24,25)/t13-/m0/s1. The summed E-state index contributed by atoms with van der Waals surface area (Å²) >= 11 is 0. The first-order valence-electron chi connectivity index (χ1n) is 9.93. The van der Waals surface area contributed by atoms with E-state index >= 15 is 0 Å². The zero-order valence-electron chi connectivity index (χ0n) is 17.6. The van der Waals surface area contributed by atoms with E-state index in [-0.39, 0.29) is 17.9 Å². The zero-order valence-corrected chi connectivity index (χ0v) is 17.6. The Bertz CT molecular complexity index is 941. The van der Waals surface area contributed by atoms with Gasteiger partial charge in [-0.2, -0.15) is 5.10 Å². The Hall–Kier alpha value is -2.68. The molecule has 0 saturated carbocycles. The number of hydrogen-bond donors (Lipinski definition) is 2. The molecule has 0 unspecified atom stereocenters. The Labute approximate surface area is 170 Å². The van der Waals surface area contributed by atoms with Crippen molar-refractivity contribution in [2.45, 2.75) is 45.8 Å². The maximum atomic E-state index is 14.1. The van der Waals surface area contributed by atoms with Crippen molar-refractivity contribution in [3.05, 3.63) is 34.9 Å². The molecule has 2 aliphatic rings. The highest BCUT2D eigenvalue weighted by atomic mass is 19.1. The maximum absolute atomic E-state index is 14.1. The number of urea groups is 1. The molecular formula is C20H28FN7O. The number of fused-ring (bicyclic) bond motifs is 1. The van der Waals surface area contributed by atoms with E-state index < -0.39 is 11.4 Å². The van der Waals surface area contributed by atoms with Gasteiger partial charge in [-0.3, -0.25) is 5.10 Å². The molecule has 4 heterocycles. The highest BCUT2D eigenvalue weighted by Gasteiger charge is 2.46. The minimum absolute atomic E-state index is 0.0195. The molecule has 4 rings (SSSR count). The number of nitrogens with one attached hydrogen (secondary N) is 2. The number of H-pyrrole nitrogens is 1. The molecule has 0 spiro atoms.